The van der Waals surface area contributed by atoms with Crippen LogP contribution in [0.25, 0.3) is 0 Å². The van der Waals surface area contributed by atoms with E-state index >= 15 is 0 Å². The van der Waals surface area contributed by atoms with Gasteiger partial charge in [-0.15, -0.1) is 0 Å². The number of rotatable bonds is 8. The van der Waals surface area contributed by atoms with Gasteiger partial charge in [-0.3, -0.25) is 4.79 Å². The van der Waals surface area contributed by atoms with Crippen molar-refractivity contribution in [3.05, 3.63) is 63.9 Å². The molecule has 0 spiro atoms. The maximum atomic E-state index is 13.8. The third-order valence-corrected chi connectivity index (χ3v) is 6.63. The summed E-state index contributed by atoms with van der Waals surface area (Å²) >= 11 is 3.30. The highest BCUT2D eigenvalue weighted by atomic mass is 79.9. The lowest BCUT2D eigenvalue weighted by Crippen LogP contribution is -2.27. The molecule has 1 aliphatic rings. The molecule has 3 rings (SSSR count). The van der Waals surface area contributed by atoms with Crippen molar-refractivity contribution in [2.75, 3.05) is 7.05 Å². The molecule has 1 fully saturated rings. The molecule has 0 aliphatic heterocycles. The van der Waals surface area contributed by atoms with Gasteiger partial charge in [0.15, 0.2) is 0 Å². The molecule has 0 bridgehead atoms. The van der Waals surface area contributed by atoms with E-state index in [9.17, 15) is 17.6 Å². The highest BCUT2D eigenvalue weighted by Crippen LogP contribution is 2.22. The van der Waals surface area contributed by atoms with Crippen LogP contribution in [0, 0.1) is 5.82 Å². The first kappa shape index (κ1) is 21.0. The van der Waals surface area contributed by atoms with Crippen molar-refractivity contribution in [2.45, 2.75) is 43.2 Å². The molecule has 0 heterocycles. The molecule has 1 N–H and O–H groups in total. The maximum absolute atomic E-state index is 13.8. The van der Waals surface area contributed by atoms with E-state index < -0.39 is 10.0 Å². The topological polar surface area (TPSA) is 66.5 Å². The molecule has 8 heteroatoms. The van der Waals surface area contributed by atoms with E-state index in [1.165, 1.54) is 11.0 Å². The van der Waals surface area contributed by atoms with Crippen LogP contribution in [0.3, 0.4) is 0 Å². The van der Waals surface area contributed by atoms with Crippen LogP contribution in [0.5, 0.6) is 0 Å². The Morgan fingerprint density at radius 3 is 2.54 bits per heavy atom. The molecular weight excluding hydrogens is 447 g/mol. The number of amides is 1. The lowest BCUT2D eigenvalue weighted by atomic mass is 10.1. The van der Waals surface area contributed by atoms with Crippen molar-refractivity contribution in [1.29, 1.82) is 0 Å². The Bertz CT molecular complexity index is 960. The van der Waals surface area contributed by atoms with Crippen LogP contribution >= 0.6 is 15.9 Å². The Morgan fingerprint density at radius 1 is 1.21 bits per heavy atom. The maximum Gasteiger partial charge on any atom is 0.240 e. The van der Waals surface area contributed by atoms with E-state index in [1.807, 2.05) is 0 Å². The molecular formula is C20H22BrFN2O3S. The highest BCUT2D eigenvalue weighted by Gasteiger charge is 2.27. The number of carbonyl (C=O) groups excluding carboxylic acids is 1. The minimum atomic E-state index is -3.47. The van der Waals surface area contributed by atoms with Crippen LogP contribution < -0.4 is 4.72 Å². The summed E-state index contributed by atoms with van der Waals surface area (Å²) in [6.45, 7) is 0.189. The molecule has 1 amide bonds. The predicted molar refractivity (Wildman–Crippen MR) is 109 cm³/mol. The van der Waals surface area contributed by atoms with Crippen molar-refractivity contribution in [2.24, 2.45) is 0 Å². The monoisotopic (exact) mass is 468 g/mol. The van der Waals surface area contributed by atoms with E-state index in [0.29, 0.717) is 12.0 Å². The van der Waals surface area contributed by atoms with Crippen LogP contribution in [-0.4, -0.2) is 32.3 Å². The molecule has 0 radical (unpaired) electrons. The van der Waals surface area contributed by atoms with Crippen molar-refractivity contribution in [3.8, 4) is 0 Å². The van der Waals surface area contributed by atoms with E-state index in [1.54, 1.807) is 43.4 Å². The summed E-state index contributed by atoms with van der Waals surface area (Å²) in [6, 6.07) is 11.3. The number of nitrogens with one attached hydrogen (secondary N) is 1. The molecule has 2 aromatic rings. The number of sulfonamides is 1. The summed E-state index contributed by atoms with van der Waals surface area (Å²) in [5.74, 6) is -0.453. The minimum Gasteiger partial charge on any atom is -0.341 e. The lowest BCUT2D eigenvalue weighted by Gasteiger charge is -2.18. The second-order valence-electron chi connectivity index (χ2n) is 7.03. The molecule has 1 aliphatic carbocycles. The van der Waals surface area contributed by atoms with Crippen molar-refractivity contribution < 1.29 is 17.6 Å². The Kier molecular flexibility index (Phi) is 6.52. The van der Waals surface area contributed by atoms with Gasteiger partial charge in [-0.05, 0) is 55.2 Å². The quantitative estimate of drug-likeness (QED) is 0.643. The van der Waals surface area contributed by atoms with E-state index in [-0.39, 0.29) is 35.6 Å². The fraction of sp³-hybridized carbons (Fsp3) is 0.350. The standard InChI is InChI=1S/C20H22BrFN2O3S/c1-24(13-15-12-16(21)5-10-19(15)22)20(25)11-4-14-2-8-18(9-3-14)28(26,27)23-17-6-7-17/h2-3,5,8-10,12,17,23H,4,6-7,11,13H2,1H3. The highest BCUT2D eigenvalue weighted by molar-refractivity contribution is 9.10. The van der Waals surface area contributed by atoms with Gasteiger partial charge in [0.2, 0.25) is 15.9 Å². The SMILES string of the molecule is CN(Cc1cc(Br)ccc1F)C(=O)CCc1ccc(S(=O)(=O)NC2CC2)cc1. The Morgan fingerprint density at radius 2 is 1.89 bits per heavy atom. The molecule has 0 aromatic heterocycles. The number of benzene rings is 2. The number of aryl methyl sites for hydroxylation is 1. The second-order valence-corrected chi connectivity index (χ2v) is 9.65. The zero-order valence-corrected chi connectivity index (χ0v) is 17.9. The molecule has 2 aromatic carbocycles. The number of carbonyl (C=O) groups is 1. The number of hydrogen-bond acceptors (Lipinski definition) is 3. The smallest absolute Gasteiger partial charge is 0.240 e. The first-order valence-corrected chi connectivity index (χ1v) is 11.3. The van der Waals surface area contributed by atoms with Crippen molar-refractivity contribution >= 4 is 31.9 Å². The summed E-state index contributed by atoms with van der Waals surface area (Å²) in [5, 5.41) is 0. The van der Waals surface area contributed by atoms with Gasteiger partial charge in [-0.2, -0.15) is 0 Å². The van der Waals surface area contributed by atoms with Crippen LogP contribution in [0.1, 0.15) is 30.4 Å². The summed E-state index contributed by atoms with van der Waals surface area (Å²) in [4.78, 5) is 14.1. The van der Waals surface area contributed by atoms with Gasteiger partial charge >= 0.3 is 0 Å². The van der Waals surface area contributed by atoms with E-state index in [0.717, 1.165) is 22.9 Å². The van der Waals surface area contributed by atoms with Crippen LogP contribution in [-0.2, 0) is 27.8 Å². The fourth-order valence-electron chi connectivity index (χ4n) is 2.77. The van der Waals surface area contributed by atoms with Gasteiger partial charge in [0.1, 0.15) is 5.82 Å². The summed E-state index contributed by atoms with van der Waals surface area (Å²) in [5.41, 5.74) is 1.32. The minimum absolute atomic E-state index is 0.0629. The zero-order valence-electron chi connectivity index (χ0n) is 15.5. The van der Waals surface area contributed by atoms with Gasteiger partial charge in [0.25, 0.3) is 0 Å². The van der Waals surface area contributed by atoms with Gasteiger partial charge < -0.3 is 4.90 Å². The molecule has 0 unspecified atom stereocenters. The van der Waals surface area contributed by atoms with Crippen molar-refractivity contribution in [1.82, 2.24) is 9.62 Å². The first-order valence-electron chi connectivity index (χ1n) is 9.04. The first-order chi connectivity index (χ1) is 13.2. The van der Waals surface area contributed by atoms with Gasteiger partial charge in [-0.1, -0.05) is 28.1 Å². The van der Waals surface area contributed by atoms with Crippen LogP contribution in [0.15, 0.2) is 51.8 Å². The summed E-state index contributed by atoms with van der Waals surface area (Å²) in [7, 11) is -1.82. The number of hydrogen-bond donors (Lipinski definition) is 1. The Balaban J connectivity index is 1.54. The molecule has 28 heavy (non-hydrogen) atoms. The molecule has 0 saturated heterocycles. The predicted octanol–water partition coefficient (Wildman–Crippen LogP) is 3.62. The van der Waals surface area contributed by atoms with Crippen LogP contribution in [0.4, 0.5) is 4.39 Å². The lowest BCUT2D eigenvalue weighted by molar-refractivity contribution is -0.130. The van der Waals surface area contributed by atoms with Gasteiger partial charge in [0, 0.05) is 36.1 Å². The molecule has 0 atom stereocenters. The average Bonchev–Trinajstić information content (AvgIpc) is 3.46. The molecule has 150 valence electrons. The van der Waals surface area contributed by atoms with Gasteiger partial charge in [-0.25, -0.2) is 17.5 Å². The van der Waals surface area contributed by atoms with E-state index in [2.05, 4.69) is 20.7 Å². The molecule has 1 saturated carbocycles. The third-order valence-electron chi connectivity index (χ3n) is 4.60. The normalized spacial score (nSPS) is 14.1. The molecule has 5 nitrogen and oxygen atoms in total. The zero-order chi connectivity index (χ0) is 20.3. The van der Waals surface area contributed by atoms with Crippen molar-refractivity contribution in [3.63, 3.8) is 0 Å². The largest absolute Gasteiger partial charge is 0.341 e. The fourth-order valence-corrected chi connectivity index (χ4v) is 4.49. The summed E-state index contributed by atoms with van der Waals surface area (Å²) in [6.07, 6.45) is 2.52. The third kappa shape index (κ3) is 5.62. The average molecular weight is 469 g/mol. The second kappa shape index (κ2) is 8.71. The Labute approximate surface area is 173 Å². The van der Waals surface area contributed by atoms with Gasteiger partial charge in [0.05, 0.1) is 4.90 Å². The Hall–Kier alpha value is -1.77. The number of halogens is 2. The van der Waals surface area contributed by atoms with Crippen LogP contribution in [0.2, 0.25) is 0 Å². The number of nitrogens with zero attached hydrogens (tertiary/aromatic N) is 1. The summed E-state index contributed by atoms with van der Waals surface area (Å²) < 4.78 is 41.6. The van der Waals surface area contributed by atoms with E-state index in [4.69, 9.17) is 0 Å².